The van der Waals surface area contributed by atoms with E-state index < -0.39 is 5.91 Å². The predicted octanol–water partition coefficient (Wildman–Crippen LogP) is 6.29. The van der Waals surface area contributed by atoms with Gasteiger partial charge in [-0.15, -0.1) is 0 Å². The molecule has 0 aliphatic heterocycles. The summed E-state index contributed by atoms with van der Waals surface area (Å²) in [5, 5.41) is 11.7. The number of carbonyl (C=O) groups excluding carboxylic acids is 1. The Morgan fingerprint density at radius 2 is 1.55 bits per heavy atom. The van der Waals surface area contributed by atoms with Crippen molar-refractivity contribution in [3.05, 3.63) is 101 Å². The van der Waals surface area contributed by atoms with Gasteiger partial charge in [0.1, 0.15) is 5.75 Å². The van der Waals surface area contributed by atoms with Crippen LogP contribution in [0, 0.1) is 0 Å². The lowest BCUT2D eigenvalue weighted by atomic mass is 9.96. The molecule has 0 saturated carbocycles. The summed E-state index contributed by atoms with van der Waals surface area (Å²) in [6.45, 7) is 0.521. The Bertz CT molecular complexity index is 1190. The molecular weight excluding hydrogens is 410 g/mol. The van der Waals surface area contributed by atoms with Gasteiger partial charge >= 0.3 is 0 Å². The minimum Gasteiger partial charge on any atom is -0.494 e. The molecule has 0 radical (unpaired) electrons. The van der Waals surface area contributed by atoms with Gasteiger partial charge in [-0.05, 0) is 64.6 Å². The third-order valence-electron chi connectivity index (χ3n) is 5.23. The van der Waals surface area contributed by atoms with Crippen LogP contribution in [0.3, 0.4) is 0 Å². The minimum atomic E-state index is -0.495. The summed E-state index contributed by atoms with van der Waals surface area (Å²) in [6.07, 6.45) is 1.40. The van der Waals surface area contributed by atoms with Crippen molar-refractivity contribution >= 4 is 28.3 Å². The smallest absolute Gasteiger partial charge is 0.275 e. The number of carbonyl (C=O) groups is 1. The highest BCUT2D eigenvalue weighted by Gasteiger charge is 2.14. The second-order valence-electron chi connectivity index (χ2n) is 7.25. The molecule has 4 aromatic carbocycles. The van der Waals surface area contributed by atoms with E-state index in [9.17, 15) is 10.0 Å². The highest BCUT2D eigenvalue weighted by atomic mass is 35.5. The Labute approximate surface area is 186 Å². The number of rotatable bonds is 7. The predicted molar refractivity (Wildman–Crippen MR) is 124 cm³/mol. The molecule has 0 fully saturated rings. The average Bonchev–Trinajstić information content (AvgIpc) is 2.82. The number of nitrogens with one attached hydrogen (secondary N) is 1. The Hall–Kier alpha value is -3.34. The van der Waals surface area contributed by atoms with E-state index in [-0.39, 0.29) is 0 Å². The van der Waals surface area contributed by atoms with Crippen LogP contribution in [0.25, 0.3) is 21.9 Å². The van der Waals surface area contributed by atoms with Crippen molar-refractivity contribution in [1.82, 2.24) is 5.48 Å². The fourth-order valence-corrected chi connectivity index (χ4v) is 3.81. The Morgan fingerprint density at radius 3 is 2.26 bits per heavy atom. The van der Waals surface area contributed by atoms with Crippen molar-refractivity contribution in [1.29, 1.82) is 0 Å². The summed E-state index contributed by atoms with van der Waals surface area (Å²) in [5.74, 6) is 0.301. The third kappa shape index (κ3) is 4.88. The quantitative estimate of drug-likeness (QED) is 0.205. The molecule has 0 aromatic heterocycles. The summed E-state index contributed by atoms with van der Waals surface area (Å²) in [6, 6.07) is 27.2. The molecule has 0 unspecified atom stereocenters. The average molecular weight is 432 g/mol. The van der Waals surface area contributed by atoms with Gasteiger partial charge in [0.05, 0.1) is 12.2 Å². The van der Waals surface area contributed by atoms with Crippen LogP contribution in [0.1, 0.15) is 22.3 Å². The number of hydrogen-bond acceptors (Lipinski definition) is 3. The monoisotopic (exact) mass is 431 g/mol. The second kappa shape index (κ2) is 9.65. The van der Waals surface area contributed by atoms with Gasteiger partial charge in [0.25, 0.3) is 5.91 Å². The van der Waals surface area contributed by atoms with Crippen LogP contribution in [0.4, 0.5) is 0 Å². The largest absolute Gasteiger partial charge is 0.494 e. The lowest BCUT2D eigenvalue weighted by molar-refractivity contribution is 0.0707. The molecule has 0 atom stereocenters. The van der Waals surface area contributed by atoms with E-state index in [2.05, 4.69) is 0 Å². The lowest BCUT2D eigenvalue weighted by Gasteiger charge is -2.12. The molecule has 0 aliphatic carbocycles. The minimum absolute atomic E-state index is 0.495. The van der Waals surface area contributed by atoms with Crippen LogP contribution < -0.4 is 10.2 Å². The molecular formula is C26H22ClNO3. The first-order valence-corrected chi connectivity index (χ1v) is 10.5. The van der Waals surface area contributed by atoms with E-state index in [1.54, 1.807) is 5.48 Å². The van der Waals surface area contributed by atoms with Gasteiger partial charge in [-0.2, -0.15) is 0 Å². The number of halogens is 1. The lowest BCUT2D eigenvalue weighted by Crippen LogP contribution is -2.21. The van der Waals surface area contributed by atoms with Crippen molar-refractivity contribution in [2.75, 3.05) is 6.61 Å². The summed E-state index contributed by atoms with van der Waals surface area (Å²) in [7, 11) is 0. The first-order valence-electron chi connectivity index (χ1n) is 10.1. The highest BCUT2D eigenvalue weighted by molar-refractivity contribution is 6.30. The Kier molecular flexibility index (Phi) is 6.51. The first-order chi connectivity index (χ1) is 15.2. The standard InChI is InChI=1S/C26H22ClNO3/c27-22-13-9-18(10-14-22)19-11-15-23(16-12-19)31-17-3-5-21-8-7-20-4-1-2-6-24(20)25(21)26(29)28-30/h1-2,4,6-16,30H,3,5,17H2,(H,28,29). The molecule has 156 valence electrons. The van der Waals surface area contributed by atoms with E-state index in [4.69, 9.17) is 16.3 Å². The zero-order chi connectivity index (χ0) is 21.6. The van der Waals surface area contributed by atoms with Crippen molar-refractivity contribution in [3.8, 4) is 16.9 Å². The van der Waals surface area contributed by atoms with Gasteiger partial charge in [-0.25, -0.2) is 5.48 Å². The van der Waals surface area contributed by atoms with Crippen LogP contribution >= 0.6 is 11.6 Å². The zero-order valence-corrected chi connectivity index (χ0v) is 17.6. The SMILES string of the molecule is O=C(NO)c1c(CCCOc2ccc(-c3ccc(Cl)cc3)cc2)ccc2ccccc12. The molecule has 31 heavy (non-hydrogen) atoms. The van der Waals surface area contributed by atoms with Gasteiger partial charge in [0.15, 0.2) is 0 Å². The van der Waals surface area contributed by atoms with Gasteiger partial charge in [-0.3, -0.25) is 10.0 Å². The molecule has 0 heterocycles. The first kappa shape index (κ1) is 20.9. The van der Waals surface area contributed by atoms with Gasteiger partial charge in [0, 0.05) is 5.02 Å². The Balaban J connectivity index is 1.39. The number of aryl methyl sites for hydroxylation is 1. The van der Waals surface area contributed by atoms with Gasteiger partial charge < -0.3 is 4.74 Å². The number of fused-ring (bicyclic) bond motifs is 1. The second-order valence-corrected chi connectivity index (χ2v) is 7.68. The maximum absolute atomic E-state index is 12.3. The molecule has 0 saturated heterocycles. The summed E-state index contributed by atoms with van der Waals surface area (Å²) < 4.78 is 5.88. The maximum atomic E-state index is 12.3. The van der Waals surface area contributed by atoms with Crippen LogP contribution in [0.15, 0.2) is 84.9 Å². The topological polar surface area (TPSA) is 58.6 Å². The molecule has 4 rings (SSSR count). The number of ether oxygens (including phenoxy) is 1. The van der Waals surface area contributed by atoms with Crippen LogP contribution in [0.5, 0.6) is 5.75 Å². The molecule has 5 heteroatoms. The zero-order valence-electron chi connectivity index (χ0n) is 16.8. The van der Waals surface area contributed by atoms with Crippen molar-refractivity contribution in [2.24, 2.45) is 0 Å². The van der Waals surface area contributed by atoms with Crippen molar-refractivity contribution < 1.29 is 14.7 Å². The molecule has 2 N–H and O–H groups in total. The van der Waals surface area contributed by atoms with Crippen molar-refractivity contribution in [2.45, 2.75) is 12.8 Å². The van der Waals surface area contributed by atoms with E-state index in [1.807, 2.05) is 84.9 Å². The number of hydroxylamine groups is 1. The van der Waals surface area contributed by atoms with E-state index in [0.717, 1.165) is 44.7 Å². The van der Waals surface area contributed by atoms with E-state index in [1.165, 1.54) is 0 Å². The van der Waals surface area contributed by atoms with Gasteiger partial charge in [0.2, 0.25) is 0 Å². The molecule has 0 aliphatic rings. The van der Waals surface area contributed by atoms with Crippen LogP contribution in [-0.2, 0) is 6.42 Å². The molecule has 4 nitrogen and oxygen atoms in total. The van der Waals surface area contributed by atoms with Crippen molar-refractivity contribution in [3.63, 3.8) is 0 Å². The molecule has 0 spiro atoms. The van der Waals surface area contributed by atoms with E-state index >= 15 is 0 Å². The fraction of sp³-hybridized carbons (Fsp3) is 0.115. The van der Waals surface area contributed by atoms with Crippen LogP contribution in [0.2, 0.25) is 5.02 Å². The summed E-state index contributed by atoms with van der Waals surface area (Å²) >= 11 is 5.95. The number of amides is 1. The number of hydrogen-bond donors (Lipinski definition) is 2. The fourth-order valence-electron chi connectivity index (χ4n) is 3.69. The third-order valence-corrected chi connectivity index (χ3v) is 5.49. The van der Waals surface area contributed by atoms with Crippen LogP contribution in [-0.4, -0.2) is 17.7 Å². The summed E-state index contributed by atoms with van der Waals surface area (Å²) in [4.78, 5) is 12.3. The van der Waals surface area contributed by atoms with Gasteiger partial charge in [-0.1, -0.05) is 72.3 Å². The normalized spacial score (nSPS) is 10.8. The molecule has 1 amide bonds. The highest BCUT2D eigenvalue weighted by Crippen LogP contribution is 2.25. The molecule has 0 bridgehead atoms. The number of benzene rings is 4. The molecule has 4 aromatic rings. The Morgan fingerprint density at radius 1 is 0.871 bits per heavy atom. The summed E-state index contributed by atoms with van der Waals surface area (Å²) in [5.41, 5.74) is 5.36. The van der Waals surface area contributed by atoms with E-state index in [0.29, 0.717) is 18.6 Å². The maximum Gasteiger partial charge on any atom is 0.275 e.